The zero-order valence-electron chi connectivity index (χ0n) is 11.2. The van der Waals surface area contributed by atoms with E-state index in [9.17, 15) is 9.18 Å². The molecule has 0 saturated heterocycles. The van der Waals surface area contributed by atoms with Crippen molar-refractivity contribution in [1.82, 2.24) is 5.32 Å². The second kappa shape index (κ2) is 7.45. The zero-order valence-corrected chi connectivity index (χ0v) is 12.8. The SMILES string of the molecule is Cc1ccc(C(=O)NCCSCc2ccsc2)cc1F. The fourth-order valence-corrected chi connectivity index (χ4v) is 3.22. The Kier molecular flexibility index (Phi) is 5.61. The minimum Gasteiger partial charge on any atom is -0.351 e. The van der Waals surface area contributed by atoms with E-state index in [1.807, 2.05) is 0 Å². The highest BCUT2D eigenvalue weighted by atomic mass is 32.2. The first-order valence-corrected chi connectivity index (χ1v) is 8.40. The monoisotopic (exact) mass is 309 g/mol. The number of rotatable bonds is 6. The largest absolute Gasteiger partial charge is 0.351 e. The second-order valence-electron chi connectivity index (χ2n) is 4.40. The van der Waals surface area contributed by atoms with Crippen molar-refractivity contribution < 1.29 is 9.18 Å². The van der Waals surface area contributed by atoms with E-state index in [1.165, 1.54) is 11.6 Å². The average molecular weight is 309 g/mol. The van der Waals surface area contributed by atoms with Crippen LogP contribution in [0.2, 0.25) is 0 Å². The molecule has 0 aliphatic rings. The third kappa shape index (κ3) is 4.35. The number of amides is 1. The lowest BCUT2D eigenvalue weighted by atomic mass is 10.1. The first-order chi connectivity index (χ1) is 9.66. The number of halogens is 1. The van der Waals surface area contributed by atoms with Gasteiger partial charge >= 0.3 is 0 Å². The van der Waals surface area contributed by atoms with Crippen LogP contribution in [0.1, 0.15) is 21.5 Å². The molecule has 1 N–H and O–H groups in total. The summed E-state index contributed by atoms with van der Waals surface area (Å²) in [7, 11) is 0. The average Bonchev–Trinajstić information content (AvgIpc) is 2.94. The molecular weight excluding hydrogens is 293 g/mol. The van der Waals surface area contributed by atoms with Crippen molar-refractivity contribution >= 4 is 29.0 Å². The van der Waals surface area contributed by atoms with Gasteiger partial charge in [0.2, 0.25) is 0 Å². The Bertz CT molecular complexity index is 569. The Labute approximate surface area is 126 Å². The highest BCUT2D eigenvalue weighted by molar-refractivity contribution is 7.98. The number of carbonyl (C=O) groups excluding carboxylic acids is 1. The highest BCUT2D eigenvalue weighted by Crippen LogP contribution is 2.14. The molecule has 1 amide bonds. The van der Waals surface area contributed by atoms with Crippen LogP contribution >= 0.6 is 23.1 Å². The molecule has 2 rings (SSSR count). The van der Waals surface area contributed by atoms with Crippen molar-refractivity contribution in [1.29, 1.82) is 0 Å². The van der Waals surface area contributed by atoms with Crippen LogP contribution in [-0.2, 0) is 5.75 Å². The van der Waals surface area contributed by atoms with Gasteiger partial charge in [-0.3, -0.25) is 4.79 Å². The van der Waals surface area contributed by atoms with E-state index < -0.39 is 0 Å². The van der Waals surface area contributed by atoms with Crippen LogP contribution in [0.4, 0.5) is 4.39 Å². The topological polar surface area (TPSA) is 29.1 Å². The third-order valence-electron chi connectivity index (χ3n) is 2.81. The summed E-state index contributed by atoms with van der Waals surface area (Å²) in [5.41, 5.74) is 2.23. The van der Waals surface area contributed by atoms with Crippen LogP contribution in [-0.4, -0.2) is 18.2 Å². The molecule has 1 aromatic heterocycles. The molecule has 0 spiro atoms. The molecule has 2 nitrogen and oxygen atoms in total. The molecule has 106 valence electrons. The molecule has 0 saturated carbocycles. The van der Waals surface area contributed by atoms with Gasteiger partial charge in [-0.05, 0) is 47.0 Å². The molecule has 0 atom stereocenters. The quantitative estimate of drug-likeness (QED) is 0.821. The smallest absolute Gasteiger partial charge is 0.251 e. The second-order valence-corrected chi connectivity index (χ2v) is 6.29. The van der Waals surface area contributed by atoms with Crippen molar-refractivity contribution in [2.75, 3.05) is 12.3 Å². The summed E-state index contributed by atoms with van der Waals surface area (Å²) in [6.07, 6.45) is 0. The minimum atomic E-state index is -0.343. The van der Waals surface area contributed by atoms with Gasteiger partial charge in [0.1, 0.15) is 5.82 Å². The minimum absolute atomic E-state index is 0.222. The summed E-state index contributed by atoms with van der Waals surface area (Å²) in [5, 5.41) is 6.99. The first kappa shape index (κ1) is 15.1. The van der Waals surface area contributed by atoms with E-state index in [4.69, 9.17) is 0 Å². The lowest BCUT2D eigenvalue weighted by Gasteiger charge is -2.06. The summed E-state index contributed by atoms with van der Waals surface area (Å²) in [4.78, 5) is 11.8. The number of thioether (sulfide) groups is 1. The van der Waals surface area contributed by atoms with Gasteiger partial charge in [0.15, 0.2) is 0 Å². The Morgan fingerprint density at radius 3 is 2.95 bits per heavy atom. The lowest BCUT2D eigenvalue weighted by molar-refractivity contribution is 0.0955. The molecular formula is C15H16FNOS2. The van der Waals surface area contributed by atoms with Gasteiger partial charge < -0.3 is 5.32 Å². The van der Waals surface area contributed by atoms with Crippen LogP contribution in [0.5, 0.6) is 0 Å². The molecule has 0 fully saturated rings. The maximum absolute atomic E-state index is 13.4. The van der Waals surface area contributed by atoms with Gasteiger partial charge in [-0.1, -0.05) is 6.07 Å². The standard InChI is InChI=1S/C15H16FNOS2/c1-11-2-3-13(8-14(11)16)15(18)17-5-7-20-10-12-4-6-19-9-12/h2-4,6,8-9H,5,7,10H2,1H3,(H,17,18). The highest BCUT2D eigenvalue weighted by Gasteiger charge is 2.07. The number of nitrogens with one attached hydrogen (secondary N) is 1. The van der Waals surface area contributed by atoms with E-state index >= 15 is 0 Å². The molecule has 1 heterocycles. The molecule has 20 heavy (non-hydrogen) atoms. The number of thiophene rings is 1. The van der Waals surface area contributed by atoms with Gasteiger partial charge in [0, 0.05) is 23.6 Å². The number of hydrogen-bond acceptors (Lipinski definition) is 3. The van der Waals surface area contributed by atoms with Crippen LogP contribution in [0.15, 0.2) is 35.0 Å². The Morgan fingerprint density at radius 2 is 2.25 bits per heavy atom. The van der Waals surface area contributed by atoms with Crippen LogP contribution in [0.3, 0.4) is 0 Å². The van der Waals surface area contributed by atoms with Gasteiger partial charge in [-0.15, -0.1) is 0 Å². The van der Waals surface area contributed by atoms with Crippen LogP contribution < -0.4 is 5.32 Å². The van der Waals surface area contributed by atoms with E-state index in [0.29, 0.717) is 17.7 Å². The van der Waals surface area contributed by atoms with Crippen molar-refractivity contribution in [2.24, 2.45) is 0 Å². The zero-order chi connectivity index (χ0) is 14.4. The summed E-state index contributed by atoms with van der Waals surface area (Å²) >= 11 is 3.46. The van der Waals surface area contributed by atoms with Crippen LogP contribution in [0.25, 0.3) is 0 Å². The summed E-state index contributed by atoms with van der Waals surface area (Å²) < 4.78 is 13.4. The predicted octanol–water partition coefficient (Wildman–Crippen LogP) is 3.86. The number of hydrogen-bond donors (Lipinski definition) is 1. The van der Waals surface area contributed by atoms with Gasteiger partial charge in [-0.2, -0.15) is 23.1 Å². The van der Waals surface area contributed by atoms with Gasteiger partial charge in [-0.25, -0.2) is 4.39 Å². The van der Waals surface area contributed by atoms with Crippen molar-refractivity contribution in [3.63, 3.8) is 0 Å². The molecule has 1 aromatic carbocycles. The summed E-state index contributed by atoms with van der Waals surface area (Å²) in [6.45, 7) is 2.27. The summed E-state index contributed by atoms with van der Waals surface area (Å²) in [5.74, 6) is 1.23. The van der Waals surface area contributed by atoms with Gasteiger partial charge in [0.25, 0.3) is 5.91 Å². The summed E-state index contributed by atoms with van der Waals surface area (Å²) in [6, 6.07) is 6.65. The Balaban J connectivity index is 1.70. The van der Waals surface area contributed by atoms with E-state index in [0.717, 1.165) is 11.5 Å². The number of aryl methyl sites for hydroxylation is 1. The molecule has 0 bridgehead atoms. The van der Waals surface area contributed by atoms with Crippen molar-refractivity contribution in [3.8, 4) is 0 Å². The lowest BCUT2D eigenvalue weighted by Crippen LogP contribution is -2.25. The maximum Gasteiger partial charge on any atom is 0.251 e. The fraction of sp³-hybridized carbons (Fsp3) is 0.267. The molecule has 2 aromatic rings. The normalized spacial score (nSPS) is 10.5. The molecule has 0 unspecified atom stereocenters. The van der Waals surface area contributed by atoms with Crippen molar-refractivity contribution in [2.45, 2.75) is 12.7 Å². The fourth-order valence-electron chi connectivity index (χ4n) is 1.64. The number of benzene rings is 1. The van der Waals surface area contributed by atoms with Crippen molar-refractivity contribution in [3.05, 3.63) is 57.5 Å². The predicted molar refractivity (Wildman–Crippen MR) is 84.0 cm³/mol. The Hall–Kier alpha value is -1.33. The van der Waals surface area contributed by atoms with E-state index in [1.54, 1.807) is 42.2 Å². The van der Waals surface area contributed by atoms with E-state index in [-0.39, 0.29) is 11.7 Å². The third-order valence-corrected chi connectivity index (χ3v) is 4.58. The van der Waals surface area contributed by atoms with Gasteiger partial charge in [0.05, 0.1) is 0 Å². The molecule has 0 aliphatic carbocycles. The molecule has 0 aliphatic heterocycles. The first-order valence-electron chi connectivity index (χ1n) is 6.30. The Morgan fingerprint density at radius 1 is 1.40 bits per heavy atom. The van der Waals surface area contributed by atoms with Crippen LogP contribution in [0, 0.1) is 12.7 Å². The maximum atomic E-state index is 13.4. The molecule has 5 heteroatoms. The van der Waals surface area contributed by atoms with E-state index in [2.05, 4.69) is 22.1 Å². The molecule has 0 radical (unpaired) electrons. The number of carbonyl (C=O) groups is 1.